The van der Waals surface area contributed by atoms with E-state index in [2.05, 4.69) is 47.3 Å². The fraction of sp³-hybridized carbons (Fsp3) is 0.368. The van der Waals surface area contributed by atoms with Gasteiger partial charge in [-0.2, -0.15) is 0 Å². The van der Waals surface area contributed by atoms with Crippen molar-refractivity contribution >= 4 is 17.5 Å². The van der Waals surface area contributed by atoms with Gasteiger partial charge in [-0.15, -0.1) is 0 Å². The van der Waals surface area contributed by atoms with Crippen LogP contribution >= 0.6 is 0 Å². The van der Waals surface area contributed by atoms with Crippen LogP contribution in [0.25, 0.3) is 0 Å². The van der Waals surface area contributed by atoms with Crippen molar-refractivity contribution in [3.63, 3.8) is 0 Å². The fourth-order valence-corrected chi connectivity index (χ4v) is 2.54. The molecule has 2 rings (SSSR count). The van der Waals surface area contributed by atoms with Crippen LogP contribution in [0, 0.1) is 0 Å². The molecule has 0 bridgehead atoms. The molecule has 5 nitrogen and oxygen atoms in total. The first kappa shape index (κ1) is 17.8. The summed E-state index contributed by atoms with van der Waals surface area (Å²) in [7, 11) is 3.94. The van der Waals surface area contributed by atoms with Crippen LogP contribution in [0.15, 0.2) is 41.4 Å². The first-order valence-electron chi connectivity index (χ1n) is 8.36. The molecule has 0 saturated heterocycles. The number of nitrogens with zero attached hydrogens (tertiary/aromatic N) is 3. The molecule has 1 aromatic carbocycles. The highest BCUT2D eigenvalue weighted by Gasteiger charge is 2.07. The van der Waals surface area contributed by atoms with Crippen molar-refractivity contribution in [1.29, 1.82) is 0 Å². The molecule has 5 heteroatoms. The molecule has 0 aliphatic rings. The lowest BCUT2D eigenvalue weighted by atomic mass is 10.0. The van der Waals surface area contributed by atoms with E-state index in [1.165, 1.54) is 11.1 Å². The normalized spacial score (nSPS) is 11.4. The molecule has 24 heavy (non-hydrogen) atoms. The SMILES string of the molecule is CCc1cccc(CC)c1NC(N)=NCc1cccc(N(C)C)n1. The number of para-hydroxylation sites is 1. The summed E-state index contributed by atoms with van der Waals surface area (Å²) in [5, 5.41) is 3.28. The minimum absolute atomic E-state index is 0.419. The summed E-state index contributed by atoms with van der Waals surface area (Å²) in [5.74, 6) is 1.33. The van der Waals surface area contributed by atoms with Crippen LogP contribution < -0.4 is 16.0 Å². The minimum Gasteiger partial charge on any atom is -0.370 e. The summed E-state index contributed by atoms with van der Waals surface area (Å²) in [6, 6.07) is 12.3. The maximum Gasteiger partial charge on any atom is 0.193 e. The van der Waals surface area contributed by atoms with E-state index in [1.54, 1.807) is 0 Å². The zero-order chi connectivity index (χ0) is 17.5. The Morgan fingerprint density at radius 3 is 2.29 bits per heavy atom. The number of aromatic nitrogens is 1. The summed E-state index contributed by atoms with van der Waals surface area (Å²) < 4.78 is 0. The topological polar surface area (TPSA) is 66.5 Å². The highest BCUT2D eigenvalue weighted by molar-refractivity contribution is 5.93. The number of benzene rings is 1. The van der Waals surface area contributed by atoms with Gasteiger partial charge >= 0.3 is 0 Å². The number of anilines is 2. The average Bonchev–Trinajstić information content (AvgIpc) is 2.60. The summed E-state index contributed by atoms with van der Waals surface area (Å²) >= 11 is 0. The maximum absolute atomic E-state index is 6.10. The number of rotatable bonds is 6. The lowest BCUT2D eigenvalue weighted by Crippen LogP contribution is -2.24. The average molecular weight is 325 g/mol. The van der Waals surface area contributed by atoms with Gasteiger partial charge in [-0.1, -0.05) is 38.1 Å². The van der Waals surface area contributed by atoms with Crippen molar-refractivity contribution < 1.29 is 0 Å². The third-order valence-corrected chi connectivity index (χ3v) is 3.91. The van der Waals surface area contributed by atoms with Crippen LogP contribution in [0.3, 0.4) is 0 Å². The standard InChI is InChI=1S/C19H27N5/c1-5-14-9-7-10-15(6-2)18(14)23-19(20)21-13-16-11-8-12-17(22-16)24(3)4/h7-12H,5-6,13H2,1-4H3,(H3,20,21,23). The molecule has 0 spiro atoms. The fourth-order valence-electron chi connectivity index (χ4n) is 2.54. The van der Waals surface area contributed by atoms with E-state index in [0.717, 1.165) is 30.0 Å². The van der Waals surface area contributed by atoms with Crippen molar-refractivity contribution in [2.75, 3.05) is 24.3 Å². The Kier molecular flexibility index (Phi) is 6.18. The number of nitrogens with two attached hydrogens (primary N) is 1. The molecule has 0 saturated carbocycles. The van der Waals surface area contributed by atoms with Crippen LogP contribution in [0.4, 0.5) is 11.5 Å². The quantitative estimate of drug-likeness (QED) is 0.632. The Morgan fingerprint density at radius 2 is 1.71 bits per heavy atom. The molecular weight excluding hydrogens is 298 g/mol. The predicted octanol–water partition coefficient (Wildman–Crippen LogP) is 3.20. The second-order valence-corrected chi connectivity index (χ2v) is 5.87. The minimum atomic E-state index is 0.419. The molecule has 1 aromatic heterocycles. The summed E-state index contributed by atoms with van der Waals surface area (Å²) in [4.78, 5) is 11.0. The first-order chi connectivity index (χ1) is 11.5. The summed E-state index contributed by atoms with van der Waals surface area (Å²) in [6.45, 7) is 4.74. The number of hydrogen-bond donors (Lipinski definition) is 2. The van der Waals surface area contributed by atoms with Gasteiger partial charge in [0.05, 0.1) is 12.2 Å². The largest absolute Gasteiger partial charge is 0.370 e. The van der Waals surface area contributed by atoms with Crippen molar-refractivity contribution in [3.8, 4) is 0 Å². The van der Waals surface area contributed by atoms with Crippen molar-refractivity contribution in [3.05, 3.63) is 53.2 Å². The van der Waals surface area contributed by atoms with Gasteiger partial charge in [-0.25, -0.2) is 9.98 Å². The lowest BCUT2D eigenvalue weighted by molar-refractivity contribution is 0.958. The Labute approximate surface area is 144 Å². The van der Waals surface area contributed by atoms with Gasteiger partial charge in [0.15, 0.2) is 5.96 Å². The number of aryl methyl sites for hydroxylation is 2. The smallest absolute Gasteiger partial charge is 0.193 e. The van der Waals surface area contributed by atoms with Gasteiger partial charge in [0, 0.05) is 19.8 Å². The molecule has 0 unspecified atom stereocenters. The van der Waals surface area contributed by atoms with Gasteiger partial charge in [0.2, 0.25) is 0 Å². The molecule has 128 valence electrons. The van der Waals surface area contributed by atoms with E-state index < -0.39 is 0 Å². The van der Waals surface area contributed by atoms with Crippen molar-refractivity contribution in [1.82, 2.24) is 4.98 Å². The summed E-state index contributed by atoms with van der Waals surface area (Å²) in [5.41, 5.74) is 10.6. The second-order valence-electron chi connectivity index (χ2n) is 5.87. The Bertz CT molecular complexity index is 684. The molecule has 3 N–H and O–H groups in total. The molecule has 0 radical (unpaired) electrons. The number of pyridine rings is 1. The van der Waals surface area contributed by atoms with Crippen LogP contribution in [-0.4, -0.2) is 25.0 Å². The van der Waals surface area contributed by atoms with Crippen molar-refractivity contribution in [2.45, 2.75) is 33.2 Å². The lowest BCUT2D eigenvalue weighted by Gasteiger charge is -2.15. The molecule has 0 atom stereocenters. The van der Waals surface area contributed by atoms with Gasteiger partial charge in [-0.3, -0.25) is 0 Å². The molecule has 0 aliphatic carbocycles. The van der Waals surface area contributed by atoms with Gasteiger partial charge in [0.25, 0.3) is 0 Å². The van der Waals surface area contributed by atoms with Crippen molar-refractivity contribution in [2.24, 2.45) is 10.7 Å². The van der Waals surface area contributed by atoms with E-state index in [9.17, 15) is 0 Å². The number of aliphatic imine (C=N–C) groups is 1. The highest BCUT2D eigenvalue weighted by Crippen LogP contribution is 2.22. The van der Waals surface area contributed by atoms with Crippen LogP contribution in [0.2, 0.25) is 0 Å². The maximum atomic E-state index is 6.10. The third-order valence-electron chi connectivity index (χ3n) is 3.91. The predicted molar refractivity (Wildman–Crippen MR) is 103 cm³/mol. The Hall–Kier alpha value is -2.56. The zero-order valence-corrected chi connectivity index (χ0v) is 15.0. The molecule has 2 aromatic rings. The third kappa shape index (κ3) is 4.47. The molecule has 0 aliphatic heterocycles. The van der Waals surface area contributed by atoms with Crippen LogP contribution in [-0.2, 0) is 19.4 Å². The zero-order valence-electron chi connectivity index (χ0n) is 15.0. The van der Waals surface area contributed by atoms with Gasteiger partial charge in [0.1, 0.15) is 5.82 Å². The summed E-state index contributed by atoms with van der Waals surface area (Å²) in [6.07, 6.45) is 1.91. The van der Waals surface area contributed by atoms with E-state index in [1.807, 2.05) is 37.2 Å². The Morgan fingerprint density at radius 1 is 1.08 bits per heavy atom. The number of nitrogens with one attached hydrogen (secondary N) is 1. The van der Waals surface area contributed by atoms with Crippen LogP contribution in [0.5, 0.6) is 0 Å². The molecule has 0 fully saturated rings. The van der Waals surface area contributed by atoms with Gasteiger partial charge in [-0.05, 0) is 36.1 Å². The Balaban J connectivity index is 2.14. The molecular formula is C19H27N5. The first-order valence-corrected chi connectivity index (χ1v) is 8.36. The molecule has 1 heterocycles. The monoisotopic (exact) mass is 325 g/mol. The van der Waals surface area contributed by atoms with Crippen LogP contribution in [0.1, 0.15) is 30.7 Å². The van der Waals surface area contributed by atoms with E-state index in [4.69, 9.17) is 5.73 Å². The van der Waals surface area contributed by atoms with E-state index in [-0.39, 0.29) is 0 Å². The molecule has 0 amide bonds. The number of guanidine groups is 1. The highest BCUT2D eigenvalue weighted by atomic mass is 15.1. The van der Waals surface area contributed by atoms with E-state index in [0.29, 0.717) is 12.5 Å². The number of hydrogen-bond acceptors (Lipinski definition) is 3. The van der Waals surface area contributed by atoms with Gasteiger partial charge < -0.3 is 16.0 Å². The van der Waals surface area contributed by atoms with E-state index >= 15 is 0 Å². The second kappa shape index (κ2) is 8.34.